The topological polar surface area (TPSA) is 69.6 Å². The van der Waals surface area contributed by atoms with E-state index >= 15 is 0 Å². The number of hydrogen-bond acceptors (Lipinski definition) is 6. The Balaban J connectivity index is 1.02. The number of aryl methyl sites for hydroxylation is 1. The molecule has 0 atom stereocenters. The van der Waals surface area contributed by atoms with Gasteiger partial charge in [0.15, 0.2) is 0 Å². The molecule has 1 aromatic carbocycles. The van der Waals surface area contributed by atoms with Gasteiger partial charge >= 0.3 is 0 Å². The minimum absolute atomic E-state index is 0.0189. The number of pyridine rings is 2. The second-order valence-corrected chi connectivity index (χ2v) is 11.0. The zero-order valence-electron chi connectivity index (χ0n) is 23.0. The van der Waals surface area contributed by atoms with E-state index in [1.807, 2.05) is 24.7 Å². The number of ether oxygens (including phenoxy) is 1. The molecular weight excluding hydrogens is 488 g/mol. The second kappa shape index (κ2) is 11.2. The molecule has 39 heavy (non-hydrogen) atoms. The number of aromatic nitrogens is 3. The molecule has 5 heterocycles. The molecule has 0 spiro atoms. The summed E-state index contributed by atoms with van der Waals surface area (Å²) in [5, 5.41) is 0.930. The second-order valence-electron chi connectivity index (χ2n) is 11.0. The van der Waals surface area contributed by atoms with Crippen molar-refractivity contribution in [3.8, 4) is 16.9 Å². The number of benzene rings is 1. The van der Waals surface area contributed by atoms with Gasteiger partial charge in [0.2, 0.25) is 0 Å². The Kier molecular flexibility index (Phi) is 7.39. The Morgan fingerprint density at radius 1 is 0.949 bits per heavy atom. The maximum absolute atomic E-state index is 12.4. The Morgan fingerprint density at radius 2 is 1.72 bits per heavy atom. The molecule has 8 heteroatoms. The Bertz CT molecular complexity index is 1440. The van der Waals surface area contributed by atoms with Gasteiger partial charge < -0.3 is 24.1 Å². The van der Waals surface area contributed by atoms with Crippen molar-refractivity contribution in [2.75, 3.05) is 64.4 Å². The number of hydrogen-bond donors (Lipinski definition) is 1. The van der Waals surface area contributed by atoms with Gasteiger partial charge in [0, 0.05) is 88.0 Å². The number of anilines is 1. The van der Waals surface area contributed by atoms with Gasteiger partial charge in [-0.05, 0) is 61.7 Å². The number of fused-ring (bicyclic) bond motifs is 1. The molecule has 2 saturated heterocycles. The van der Waals surface area contributed by atoms with Gasteiger partial charge in [0.25, 0.3) is 5.56 Å². The van der Waals surface area contributed by atoms with Crippen LogP contribution in [0.3, 0.4) is 0 Å². The first-order chi connectivity index (χ1) is 19.0. The highest BCUT2D eigenvalue weighted by Gasteiger charge is 2.22. The third-order valence-electron chi connectivity index (χ3n) is 8.40. The van der Waals surface area contributed by atoms with Gasteiger partial charge in [-0.3, -0.25) is 9.69 Å². The first kappa shape index (κ1) is 25.6. The Hall–Kier alpha value is -3.62. The van der Waals surface area contributed by atoms with Crippen LogP contribution in [0.25, 0.3) is 22.0 Å². The highest BCUT2D eigenvalue weighted by atomic mass is 16.5. The van der Waals surface area contributed by atoms with E-state index in [4.69, 9.17) is 9.72 Å². The molecule has 0 amide bonds. The summed E-state index contributed by atoms with van der Waals surface area (Å²) in [7, 11) is 3.97. The van der Waals surface area contributed by atoms with Crippen molar-refractivity contribution in [2.24, 2.45) is 7.05 Å². The number of H-pyrrole nitrogens is 1. The summed E-state index contributed by atoms with van der Waals surface area (Å²) in [6.07, 6.45) is 7.86. The lowest BCUT2D eigenvalue weighted by molar-refractivity contribution is 0.133. The summed E-state index contributed by atoms with van der Waals surface area (Å²) < 4.78 is 7.66. The van der Waals surface area contributed by atoms with E-state index in [2.05, 4.69) is 63.1 Å². The zero-order valence-corrected chi connectivity index (χ0v) is 23.0. The number of rotatable bonds is 7. The number of nitrogens with zero attached hydrogens (tertiary/aromatic N) is 5. The van der Waals surface area contributed by atoms with Crippen molar-refractivity contribution in [1.82, 2.24) is 24.3 Å². The van der Waals surface area contributed by atoms with Gasteiger partial charge in [0.05, 0.1) is 0 Å². The van der Waals surface area contributed by atoms with Crippen LogP contribution in [0, 0.1) is 0 Å². The minimum atomic E-state index is -0.0189. The van der Waals surface area contributed by atoms with Gasteiger partial charge in [0.1, 0.15) is 23.7 Å². The smallest absolute Gasteiger partial charge is 0.274 e. The number of likely N-dealkylation sites (N-methyl/N-ethyl adjacent to an activating group) is 1. The Labute approximate surface area is 229 Å². The predicted molar refractivity (Wildman–Crippen MR) is 157 cm³/mol. The zero-order chi connectivity index (χ0) is 26.8. The average Bonchev–Trinajstić information content (AvgIpc) is 3.47. The molecular formula is C31H38N6O2. The molecule has 2 aliphatic heterocycles. The summed E-state index contributed by atoms with van der Waals surface area (Å²) in [6.45, 7) is 8.25. The molecule has 0 bridgehead atoms. The van der Waals surface area contributed by atoms with Crippen molar-refractivity contribution in [2.45, 2.75) is 18.8 Å². The summed E-state index contributed by atoms with van der Waals surface area (Å²) in [5.74, 6) is 2.54. The van der Waals surface area contributed by atoms with Crippen molar-refractivity contribution < 1.29 is 4.74 Å². The number of piperidine rings is 1. The summed E-state index contributed by atoms with van der Waals surface area (Å²) in [5.41, 5.74) is 4.04. The van der Waals surface area contributed by atoms with E-state index in [9.17, 15) is 4.79 Å². The maximum Gasteiger partial charge on any atom is 0.274 e. The lowest BCUT2D eigenvalue weighted by Gasteiger charge is -2.33. The predicted octanol–water partition coefficient (Wildman–Crippen LogP) is 3.94. The van der Waals surface area contributed by atoms with E-state index in [1.54, 1.807) is 11.6 Å². The average molecular weight is 527 g/mol. The molecule has 0 saturated carbocycles. The molecule has 8 nitrogen and oxygen atoms in total. The fourth-order valence-electron chi connectivity index (χ4n) is 5.87. The molecule has 0 aliphatic carbocycles. The summed E-state index contributed by atoms with van der Waals surface area (Å²) in [6, 6.07) is 14.9. The molecule has 0 unspecified atom stereocenters. The van der Waals surface area contributed by atoms with Crippen molar-refractivity contribution in [3.05, 3.63) is 77.0 Å². The lowest BCUT2D eigenvalue weighted by atomic mass is 9.89. The van der Waals surface area contributed by atoms with Crippen LogP contribution in [0.5, 0.6) is 5.75 Å². The van der Waals surface area contributed by atoms with Crippen LogP contribution in [0.1, 0.15) is 24.3 Å². The van der Waals surface area contributed by atoms with Crippen LogP contribution in [0.4, 0.5) is 5.82 Å². The van der Waals surface area contributed by atoms with Gasteiger partial charge in [-0.1, -0.05) is 12.1 Å². The minimum Gasteiger partial charge on any atom is -0.492 e. The highest BCUT2D eigenvalue weighted by molar-refractivity contribution is 5.94. The normalized spacial score (nSPS) is 17.6. The SMILES string of the molecule is CN1CCN(CCOc2ccc(C3CCN(c4ccc(-c5cn(C)c(=O)c6[nH]ccc56)cn4)CC3)cc2)CC1. The van der Waals surface area contributed by atoms with Crippen LogP contribution in [0.2, 0.25) is 0 Å². The molecule has 3 aromatic heterocycles. The van der Waals surface area contributed by atoms with E-state index in [1.165, 1.54) is 5.56 Å². The monoisotopic (exact) mass is 526 g/mol. The van der Waals surface area contributed by atoms with E-state index in [-0.39, 0.29) is 5.56 Å². The number of piperazine rings is 1. The molecule has 4 aromatic rings. The van der Waals surface area contributed by atoms with Crippen molar-refractivity contribution >= 4 is 16.7 Å². The molecule has 2 aliphatic rings. The fraction of sp³-hybridized carbons (Fsp3) is 0.419. The molecule has 6 rings (SSSR count). The molecule has 0 radical (unpaired) electrons. The summed E-state index contributed by atoms with van der Waals surface area (Å²) >= 11 is 0. The third-order valence-corrected chi connectivity index (χ3v) is 8.40. The van der Waals surface area contributed by atoms with E-state index in [0.717, 1.165) is 93.3 Å². The van der Waals surface area contributed by atoms with Crippen LogP contribution in [0.15, 0.2) is 65.8 Å². The fourth-order valence-corrected chi connectivity index (χ4v) is 5.87. The van der Waals surface area contributed by atoms with Crippen LogP contribution < -0.4 is 15.2 Å². The quantitative estimate of drug-likeness (QED) is 0.394. The van der Waals surface area contributed by atoms with E-state index in [0.29, 0.717) is 11.4 Å². The van der Waals surface area contributed by atoms with Gasteiger partial charge in [-0.15, -0.1) is 0 Å². The van der Waals surface area contributed by atoms with Gasteiger partial charge in [-0.25, -0.2) is 4.98 Å². The molecule has 204 valence electrons. The first-order valence-corrected chi connectivity index (χ1v) is 14.1. The van der Waals surface area contributed by atoms with Crippen LogP contribution in [-0.4, -0.2) is 83.8 Å². The maximum atomic E-state index is 12.4. The largest absolute Gasteiger partial charge is 0.492 e. The highest BCUT2D eigenvalue weighted by Crippen LogP contribution is 2.32. The Morgan fingerprint density at radius 3 is 2.44 bits per heavy atom. The molecule has 2 fully saturated rings. The number of aromatic amines is 1. The van der Waals surface area contributed by atoms with Crippen molar-refractivity contribution in [3.63, 3.8) is 0 Å². The third kappa shape index (κ3) is 5.58. The number of nitrogens with one attached hydrogen (secondary N) is 1. The summed E-state index contributed by atoms with van der Waals surface area (Å²) in [4.78, 5) is 27.5. The van der Waals surface area contributed by atoms with E-state index < -0.39 is 0 Å². The van der Waals surface area contributed by atoms with Crippen molar-refractivity contribution in [1.29, 1.82) is 0 Å². The van der Waals surface area contributed by atoms with Crippen LogP contribution in [-0.2, 0) is 7.05 Å². The lowest BCUT2D eigenvalue weighted by Crippen LogP contribution is -2.45. The standard InChI is InChI=1S/C31H38N6O2/c1-34-15-17-36(18-16-34)19-20-39-26-6-3-23(4-7-26)24-10-13-37(14-11-24)29-8-5-25(21-33-29)28-22-35(2)31(38)30-27(28)9-12-32-30/h3-9,12,21-22,24,32H,10-11,13-20H2,1-2H3. The molecule has 1 N–H and O–H groups in total. The first-order valence-electron chi connectivity index (χ1n) is 14.1. The van der Waals surface area contributed by atoms with Gasteiger partial charge in [-0.2, -0.15) is 0 Å². The van der Waals surface area contributed by atoms with Crippen LogP contribution >= 0.6 is 0 Å².